The van der Waals surface area contributed by atoms with Crippen LogP contribution in [0.5, 0.6) is 0 Å². The molecule has 0 heterocycles. The molecule has 0 aromatic carbocycles. The van der Waals surface area contributed by atoms with Gasteiger partial charge in [0.15, 0.2) is 5.62 Å². The van der Waals surface area contributed by atoms with E-state index in [1.54, 1.807) is 0 Å². The van der Waals surface area contributed by atoms with Crippen LogP contribution in [0.4, 0.5) is 0 Å². The molecule has 0 aliphatic carbocycles. The molecular weight excluding hydrogens is 125 g/mol. The van der Waals surface area contributed by atoms with Crippen molar-refractivity contribution in [2.75, 3.05) is 0 Å². The van der Waals surface area contributed by atoms with Crippen molar-refractivity contribution >= 4 is 18.2 Å². The minimum Gasteiger partial charge on any atom is -0.291 e. The van der Waals surface area contributed by atoms with Gasteiger partial charge < -0.3 is 0 Å². The van der Waals surface area contributed by atoms with Gasteiger partial charge in [-0.2, -0.15) is 0 Å². The van der Waals surface area contributed by atoms with Crippen molar-refractivity contribution in [3.8, 4) is 0 Å². The van der Waals surface area contributed by atoms with Crippen molar-refractivity contribution < 1.29 is 24.3 Å². The van der Waals surface area contributed by atoms with Gasteiger partial charge in [-0.25, -0.2) is 0 Å². The van der Waals surface area contributed by atoms with Crippen molar-refractivity contribution in [2.24, 2.45) is 0 Å². The van der Waals surface area contributed by atoms with Crippen LogP contribution < -0.4 is 0 Å². The molecule has 3 heteroatoms. The number of carbonyl (C=O) groups is 1. The van der Waals surface area contributed by atoms with Crippen LogP contribution in [-0.4, -0.2) is 5.62 Å². The molecule has 0 atom stereocenters. The smallest absolute Gasteiger partial charge is 0.173 e. The summed E-state index contributed by atoms with van der Waals surface area (Å²) in [6.07, 6.45) is 0. The fourth-order valence-electron chi connectivity index (χ4n) is 0. The fraction of sp³-hybridized carbons (Fsp3) is 0. The Balaban J connectivity index is 0. The molecule has 1 nitrogen and oxygen atoms in total. The second-order valence-electron chi connectivity index (χ2n) is 0.105. The molecular formula is CH2OSZn. The molecule has 0 radical (unpaired) electrons. The maximum Gasteiger partial charge on any atom is 0.173 e. The maximum atomic E-state index is 8.67. The topological polar surface area (TPSA) is 17.1 Å². The molecule has 0 unspecified atom stereocenters. The van der Waals surface area contributed by atoms with Gasteiger partial charge >= 0.3 is 0 Å². The zero-order chi connectivity index (χ0) is 2.71. The summed E-state index contributed by atoms with van der Waals surface area (Å²) < 4.78 is 0. The Morgan fingerprint density at radius 3 is 1.75 bits per heavy atom. The number of carbonyl (C=O) groups excluding carboxylic acids is 1. The van der Waals surface area contributed by atoms with E-state index in [-0.39, 0.29) is 19.5 Å². The van der Waals surface area contributed by atoms with E-state index in [1.165, 1.54) is 0 Å². The number of hydrogen-bond acceptors (Lipinski definition) is 1. The van der Waals surface area contributed by atoms with Gasteiger partial charge in [0.1, 0.15) is 0 Å². The third-order valence-electron chi connectivity index (χ3n) is 0. The van der Waals surface area contributed by atoms with E-state index < -0.39 is 0 Å². The van der Waals surface area contributed by atoms with Gasteiger partial charge in [-0.05, 0) is 0 Å². The second-order valence-corrected chi connectivity index (χ2v) is 0.316. The van der Waals surface area contributed by atoms with Gasteiger partial charge in [0, 0.05) is 19.5 Å². The van der Waals surface area contributed by atoms with Gasteiger partial charge in [-0.15, -0.1) is 12.6 Å². The maximum absolute atomic E-state index is 8.67. The number of hydrogen-bond donors (Lipinski definition) is 1. The summed E-state index contributed by atoms with van der Waals surface area (Å²) in [6.45, 7) is 0. The van der Waals surface area contributed by atoms with E-state index in [0.717, 1.165) is 0 Å². The molecule has 0 aromatic heterocycles. The third kappa shape index (κ3) is 17.2. The standard InChI is InChI=1S/CH2OS.Zn/c2-1-3;/h1H,(H,2,3);. The Bertz CT molecular complexity index is 15.5. The Morgan fingerprint density at radius 1 is 1.75 bits per heavy atom. The van der Waals surface area contributed by atoms with Gasteiger partial charge in [-0.3, -0.25) is 4.79 Å². The van der Waals surface area contributed by atoms with Crippen molar-refractivity contribution in [3.05, 3.63) is 0 Å². The van der Waals surface area contributed by atoms with E-state index >= 15 is 0 Å². The molecule has 0 aliphatic heterocycles. The Morgan fingerprint density at radius 2 is 1.75 bits per heavy atom. The fourth-order valence-corrected chi connectivity index (χ4v) is 0. The summed E-state index contributed by atoms with van der Waals surface area (Å²) in [5, 5.41) is 0. The molecule has 20 valence electrons. The van der Waals surface area contributed by atoms with Crippen LogP contribution in [0.2, 0.25) is 0 Å². The summed E-state index contributed by atoms with van der Waals surface area (Å²) in [6, 6.07) is 0. The molecule has 4 heavy (non-hydrogen) atoms. The quantitative estimate of drug-likeness (QED) is 0.278. The third-order valence-corrected chi connectivity index (χ3v) is 0. The minimum atomic E-state index is 0. The predicted octanol–water partition coefficient (Wildman–Crippen LogP) is 0.104. The van der Waals surface area contributed by atoms with Crippen LogP contribution in [0.1, 0.15) is 0 Å². The van der Waals surface area contributed by atoms with Gasteiger partial charge in [-0.1, -0.05) is 0 Å². The first-order valence-electron chi connectivity index (χ1n) is 0.494. The summed E-state index contributed by atoms with van der Waals surface area (Å²) in [5.41, 5.74) is 0.444. The predicted molar refractivity (Wildman–Crippen MR) is 15.7 cm³/mol. The van der Waals surface area contributed by atoms with Crippen molar-refractivity contribution in [3.63, 3.8) is 0 Å². The summed E-state index contributed by atoms with van der Waals surface area (Å²) in [4.78, 5) is 8.67. The second kappa shape index (κ2) is 9.43. The minimum absolute atomic E-state index is 0. The Labute approximate surface area is 42.9 Å². The normalized spacial score (nSPS) is 3.25. The molecule has 0 amide bonds. The molecule has 0 saturated heterocycles. The Kier molecular flexibility index (Phi) is 20.8. The molecule has 0 aliphatic rings. The molecule has 0 rings (SSSR count). The molecule has 0 fully saturated rings. The monoisotopic (exact) mass is 126 g/mol. The molecule has 0 saturated carbocycles. The molecule has 0 bridgehead atoms. The van der Waals surface area contributed by atoms with Crippen molar-refractivity contribution in [1.82, 2.24) is 0 Å². The number of rotatable bonds is 0. The van der Waals surface area contributed by atoms with Crippen molar-refractivity contribution in [1.29, 1.82) is 0 Å². The zero-order valence-electron chi connectivity index (χ0n) is 2.14. The number of thiol groups is 1. The van der Waals surface area contributed by atoms with E-state index in [4.69, 9.17) is 4.79 Å². The molecule has 0 N–H and O–H groups in total. The van der Waals surface area contributed by atoms with Crippen LogP contribution in [-0.2, 0) is 24.3 Å². The van der Waals surface area contributed by atoms with E-state index in [2.05, 4.69) is 12.6 Å². The first-order chi connectivity index (χ1) is 1.41. The van der Waals surface area contributed by atoms with E-state index in [0.29, 0.717) is 5.62 Å². The largest absolute Gasteiger partial charge is 0.291 e. The SMILES string of the molecule is O=CS.[Zn]. The zero-order valence-corrected chi connectivity index (χ0v) is 6.00. The van der Waals surface area contributed by atoms with Crippen LogP contribution in [0.15, 0.2) is 0 Å². The van der Waals surface area contributed by atoms with Crippen LogP contribution >= 0.6 is 12.6 Å². The molecule has 0 spiro atoms. The Hall–Kier alpha value is 0.643. The van der Waals surface area contributed by atoms with Crippen LogP contribution in [0.25, 0.3) is 0 Å². The summed E-state index contributed by atoms with van der Waals surface area (Å²) in [7, 11) is 0. The van der Waals surface area contributed by atoms with Gasteiger partial charge in [0.25, 0.3) is 0 Å². The van der Waals surface area contributed by atoms with E-state index in [9.17, 15) is 0 Å². The average molecular weight is 127 g/mol. The van der Waals surface area contributed by atoms with Gasteiger partial charge in [0.05, 0.1) is 0 Å². The average Bonchev–Trinajstić information content (AvgIpc) is 0.918. The first-order valence-corrected chi connectivity index (χ1v) is 1.01. The van der Waals surface area contributed by atoms with Crippen molar-refractivity contribution in [2.45, 2.75) is 0 Å². The summed E-state index contributed by atoms with van der Waals surface area (Å²) >= 11 is 3.11. The van der Waals surface area contributed by atoms with Crippen LogP contribution in [0, 0.1) is 0 Å². The first kappa shape index (κ1) is 8.82. The van der Waals surface area contributed by atoms with Crippen LogP contribution in [0.3, 0.4) is 0 Å². The van der Waals surface area contributed by atoms with E-state index in [1.807, 2.05) is 0 Å². The molecule has 0 aromatic rings. The van der Waals surface area contributed by atoms with Gasteiger partial charge in [0.2, 0.25) is 0 Å². The summed E-state index contributed by atoms with van der Waals surface area (Å²) in [5.74, 6) is 0.